The van der Waals surface area contributed by atoms with Crippen LogP contribution in [0.25, 0.3) is 22.3 Å². The average Bonchev–Trinajstić information content (AvgIpc) is 3.53. The van der Waals surface area contributed by atoms with Gasteiger partial charge in [-0.3, -0.25) is 28.8 Å². The number of carbonyl (C=O) groups is 1. The van der Waals surface area contributed by atoms with Crippen molar-refractivity contribution < 1.29 is 24.9 Å². The third kappa shape index (κ3) is 3.95. The fourth-order valence-corrected chi connectivity index (χ4v) is 6.96. The lowest BCUT2D eigenvalue weighted by Crippen LogP contribution is -2.51. The van der Waals surface area contributed by atoms with Crippen LogP contribution in [0.3, 0.4) is 0 Å². The number of aromatic hydroxyl groups is 1. The van der Waals surface area contributed by atoms with E-state index in [9.17, 15) is 44.1 Å². The van der Waals surface area contributed by atoms with Gasteiger partial charge in [0, 0.05) is 22.3 Å². The smallest absolute Gasteiger partial charge is 0.273 e. The summed E-state index contributed by atoms with van der Waals surface area (Å²) in [6, 6.07) is 8.09. The number of rotatable bonds is 4. The van der Waals surface area contributed by atoms with Crippen LogP contribution in [0.2, 0.25) is 5.02 Å². The highest BCUT2D eigenvalue weighted by Crippen LogP contribution is 2.54. The van der Waals surface area contributed by atoms with Crippen molar-refractivity contribution in [1.29, 1.82) is 0 Å². The molecule has 1 atom stereocenters. The van der Waals surface area contributed by atoms with Crippen LogP contribution in [0, 0.1) is 10.4 Å². The van der Waals surface area contributed by atoms with Gasteiger partial charge in [-0.1, -0.05) is 17.7 Å². The Bertz CT molecular complexity index is 2840. The number of phenolic OH excluding ortho intramolecular Hbond substituents is 1. The van der Waals surface area contributed by atoms with Gasteiger partial charge in [0.15, 0.2) is 11.2 Å². The lowest BCUT2D eigenvalue weighted by molar-refractivity contribution is 0.0956. The quantitative estimate of drug-likeness (QED) is 0.0811. The highest BCUT2D eigenvalue weighted by molar-refractivity contribution is 6.31. The summed E-state index contributed by atoms with van der Waals surface area (Å²) >= 11 is 5.93. The summed E-state index contributed by atoms with van der Waals surface area (Å²) < 4.78 is 4.89. The Kier molecular flexibility index (Phi) is 6.56. The molecule has 1 spiro atoms. The molecule has 14 nitrogen and oxygen atoms in total. The number of amides is 1. The number of nitrogens with two attached hydrogens (primary N) is 1. The first-order valence-electron chi connectivity index (χ1n) is 14.2. The average molecular weight is 669 g/mol. The second-order valence-electron chi connectivity index (χ2n) is 11.4. The number of aliphatic hydroxyl groups excluding tert-OH is 2. The van der Waals surface area contributed by atoms with Gasteiger partial charge in [0.2, 0.25) is 16.3 Å². The molecule has 0 unspecified atom stereocenters. The maximum atomic E-state index is 13.6. The van der Waals surface area contributed by atoms with E-state index in [4.69, 9.17) is 22.1 Å². The van der Waals surface area contributed by atoms with Crippen molar-refractivity contribution in [2.75, 3.05) is 12.8 Å². The number of H-pyrrole nitrogens is 1. The van der Waals surface area contributed by atoms with Gasteiger partial charge in [-0.15, -0.1) is 0 Å². The fraction of sp³-hybridized carbons (Fsp3) is 0.121. The Labute approximate surface area is 270 Å². The number of aliphatic hydroxyl groups is 2. The van der Waals surface area contributed by atoms with Crippen molar-refractivity contribution >= 4 is 51.7 Å². The molecule has 7 rings (SSSR count). The minimum absolute atomic E-state index is 0.0817. The molecule has 0 saturated heterocycles. The number of hydrogen-bond donors (Lipinski definition) is 6. The van der Waals surface area contributed by atoms with Crippen molar-refractivity contribution in [1.82, 2.24) is 10.4 Å². The molecule has 2 aromatic carbocycles. The predicted molar refractivity (Wildman–Crippen MR) is 174 cm³/mol. The van der Waals surface area contributed by atoms with Gasteiger partial charge in [0.05, 0.1) is 50.8 Å². The van der Waals surface area contributed by atoms with Gasteiger partial charge in [-0.05, 0) is 48.1 Å². The summed E-state index contributed by atoms with van der Waals surface area (Å²) in [5.41, 5.74) is 1.56. The van der Waals surface area contributed by atoms with Crippen LogP contribution in [0.4, 0.5) is 5.69 Å². The molecule has 7 N–H and O–H groups in total. The molecule has 4 aliphatic carbocycles. The zero-order valence-electron chi connectivity index (χ0n) is 24.6. The number of nitrogens with one attached hydrogen (secondary N) is 2. The molecular weight excluding hydrogens is 648 g/mol. The fourth-order valence-electron chi connectivity index (χ4n) is 6.78. The summed E-state index contributed by atoms with van der Waals surface area (Å²) in [7, 11) is 1.10. The van der Waals surface area contributed by atoms with Crippen LogP contribution < -0.4 is 53.6 Å². The van der Waals surface area contributed by atoms with Crippen LogP contribution in [0.5, 0.6) is 11.5 Å². The second kappa shape index (κ2) is 10.4. The van der Waals surface area contributed by atoms with Crippen LogP contribution in [-0.2, 0) is 11.8 Å². The van der Waals surface area contributed by atoms with Gasteiger partial charge in [-0.2, -0.15) is 5.10 Å². The Morgan fingerprint density at radius 2 is 1.67 bits per heavy atom. The Balaban J connectivity index is 1.38. The molecule has 0 radical (unpaired) electrons. The maximum Gasteiger partial charge on any atom is 0.273 e. The number of aryl methyl sites for hydroxylation is 1. The molecular formula is C33H21ClN4O10. The van der Waals surface area contributed by atoms with E-state index in [-0.39, 0.29) is 51.1 Å². The van der Waals surface area contributed by atoms with Crippen LogP contribution in [0.15, 0.2) is 65.5 Å². The number of pyridine rings is 1. The number of anilines is 1. The number of aromatic nitrogens is 1. The lowest BCUT2D eigenvalue weighted by atomic mass is 9.78. The predicted octanol–water partition coefficient (Wildman–Crippen LogP) is -0.487. The van der Waals surface area contributed by atoms with Crippen LogP contribution in [0.1, 0.15) is 33.6 Å². The Hall–Kier alpha value is -6.28. The van der Waals surface area contributed by atoms with Crippen LogP contribution in [-0.4, -0.2) is 39.5 Å². The van der Waals surface area contributed by atoms with Gasteiger partial charge in [-0.25, -0.2) is 5.43 Å². The van der Waals surface area contributed by atoms with E-state index in [0.29, 0.717) is 5.56 Å². The largest absolute Gasteiger partial charge is 0.510 e. The normalized spacial score (nSPS) is 16.7. The minimum atomic E-state index is -2.03. The summed E-state index contributed by atoms with van der Waals surface area (Å²) in [4.78, 5) is 81.3. The molecule has 1 aromatic heterocycles. The number of ether oxygens (including phenoxy) is 1. The molecule has 0 saturated carbocycles. The number of hydrogen-bond acceptors (Lipinski definition) is 12. The molecule has 240 valence electrons. The first-order chi connectivity index (χ1) is 22.8. The molecule has 1 amide bonds. The number of hydrazone groups is 1. The summed E-state index contributed by atoms with van der Waals surface area (Å²) in [6.07, 6.45) is 1.11. The van der Waals surface area contributed by atoms with Crippen molar-refractivity contribution in [3.63, 3.8) is 0 Å². The van der Waals surface area contributed by atoms with E-state index in [1.54, 1.807) is 0 Å². The van der Waals surface area contributed by atoms with Gasteiger partial charge >= 0.3 is 0 Å². The molecule has 4 aliphatic rings. The zero-order valence-corrected chi connectivity index (χ0v) is 25.3. The lowest BCUT2D eigenvalue weighted by Gasteiger charge is -2.27. The number of phenols is 1. The topological polar surface area (TPSA) is 239 Å². The van der Waals surface area contributed by atoms with Crippen molar-refractivity contribution in [2.24, 2.45) is 5.10 Å². The van der Waals surface area contributed by atoms with Crippen molar-refractivity contribution in [2.45, 2.75) is 18.3 Å². The molecule has 48 heavy (non-hydrogen) atoms. The highest BCUT2D eigenvalue weighted by atomic mass is 35.5. The summed E-state index contributed by atoms with van der Waals surface area (Å²) in [6.45, 7) is 0. The van der Waals surface area contributed by atoms with E-state index in [1.165, 1.54) is 30.3 Å². The molecule has 3 aromatic rings. The van der Waals surface area contributed by atoms with Gasteiger partial charge in [0.1, 0.15) is 22.7 Å². The number of fused-ring (bicyclic) bond motifs is 4. The highest BCUT2D eigenvalue weighted by Gasteiger charge is 2.53. The SMILES string of the molecule is COc1cc(=O)c2c(=O)c3c(c(=O)c=2c1=O)=C(O)[C@]1(CCc2cc4cc(/C=N/NC(=O)c5cc(Cl)ccc5N)[nH]c(=O)c4c(O)c21)C=3O. The first-order valence-corrected chi connectivity index (χ1v) is 14.6. The third-order valence-electron chi connectivity index (χ3n) is 8.90. The monoisotopic (exact) mass is 668 g/mol. The third-order valence-corrected chi connectivity index (χ3v) is 9.14. The van der Waals surface area contributed by atoms with E-state index < -0.39 is 82.5 Å². The van der Waals surface area contributed by atoms with E-state index in [1.807, 2.05) is 0 Å². The summed E-state index contributed by atoms with van der Waals surface area (Å²) in [5.74, 6) is -3.38. The molecule has 1 heterocycles. The number of aromatic amines is 1. The number of carbonyl (C=O) groups excluding carboxylic acids is 1. The first kappa shape index (κ1) is 30.4. The number of nitrogens with zero attached hydrogens (tertiary/aromatic N) is 1. The summed E-state index contributed by atoms with van der Waals surface area (Å²) in [5, 5.41) is 35.9. The Morgan fingerprint density at radius 3 is 2.35 bits per heavy atom. The zero-order chi connectivity index (χ0) is 34.4. The Morgan fingerprint density at radius 1 is 0.979 bits per heavy atom. The molecule has 0 aliphatic heterocycles. The molecule has 0 fully saturated rings. The van der Waals surface area contributed by atoms with Crippen LogP contribution >= 0.6 is 11.6 Å². The minimum Gasteiger partial charge on any atom is -0.510 e. The number of benzene rings is 2. The van der Waals surface area contributed by atoms with Crippen molar-refractivity contribution in [3.05, 3.63) is 136 Å². The number of halogens is 1. The van der Waals surface area contributed by atoms with Gasteiger partial charge in [0.25, 0.3) is 11.5 Å². The second-order valence-corrected chi connectivity index (χ2v) is 11.8. The van der Waals surface area contributed by atoms with Gasteiger partial charge < -0.3 is 30.8 Å². The van der Waals surface area contributed by atoms with E-state index in [0.717, 1.165) is 19.4 Å². The van der Waals surface area contributed by atoms with Crippen molar-refractivity contribution in [3.8, 4) is 11.5 Å². The van der Waals surface area contributed by atoms with E-state index >= 15 is 0 Å². The van der Waals surface area contributed by atoms with E-state index in [2.05, 4.69) is 15.5 Å². The number of methoxy groups -OCH3 is 1. The molecule has 0 bridgehead atoms. The number of nitrogen functional groups attached to an aromatic ring is 1. The maximum absolute atomic E-state index is 13.6. The standard InChI is InChI=1S/C33H21ClN4O10/c1-48-18-9-17(39)20-21(25(18)40)27(42)23-22(26(20)41)29(44)33(30(23)45)5-4-11-6-12-7-14(37-32(47)19(12)28(43)24(11)33)10-36-38-31(46)15-8-13(34)2-3-16(15)35/h2-3,6-10,43-45H,4-5,35H2,1H3,(H,37,47)(H,38,46)/b36-10+/t33-/m0/s1. The molecule has 15 heteroatoms.